The minimum atomic E-state index is -1.23. The van der Waals surface area contributed by atoms with Crippen LogP contribution in [0.4, 0.5) is 24.0 Å². The summed E-state index contributed by atoms with van der Waals surface area (Å²) in [6.07, 6.45) is 0. The Morgan fingerprint density at radius 3 is 2.37 bits per heavy atom. The summed E-state index contributed by atoms with van der Waals surface area (Å²) >= 11 is 0.929. The van der Waals surface area contributed by atoms with Crippen molar-refractivity contribution in [1.29, 1.82) is 0 Å². The lowest BCUT2D eigenvalue weighted by molar-refractivity contribution is 0.0690. The molecule has 0 spiro atoms. The number of aryl methyl sites for hydroxylation is 1. The summed E-state index contributed by atoms with van der Waals surface area (Å²) in [5.41, 5.74) is -0.775. The van der Waals surface area contributed by atoms with Crippen LogP contribution < -0.4 is 5.32 Å². The molecule has 0 fully saturated rings. The van der Waals surface area contributed by atoms with Gasteiger partial charge in [0.2, 0.25) is 0 Å². The van der Waals surface area contributed by atoms with Gasteiger partial charge in [0.15, 0.2) is 22.5 Å². The first-order chi connectivity index (χ1) is 8.88. The molecule has 2 aromatic rings. The second-order valence-corrected chi connectivity index (χ2v) is 4.80. The minimum absolute atomic E-state index is 0.0132. The van der Waals surface area contributed by atoms with Crippen LogP contribution in [0.1, 0.15) is 15.4 Å². The maximum atomic E-state index is 13.4. The van der Waals surface area contributed by atoms with Gasteiger partial charge < -0.3 is 10.4 Å². The van der Waals surface area contributed by atoms with Crippen molar-refractivity contribution in [2.45, 2.75) is 6.92 Å². The first-order valence-electron chi connectivity index (χ1n) is 5.00. The fourth-order valence-corrected chi connectivity index (χ4v) is 2.23. The number of halogens is 3. The van der Waals surface area contributed by atoms with E-state index in [-0.39, 0.29) is 10.8 Å². The number of aromatic carboxylic acids is 1. The van der Waals surface area contributed by atoms with E-state index in [1.54, 1.807) is 0 Å². The maximum absolute atomic E-state index is 13.4. The zero-order chi connectivity index (χ0) is 14.2. The molecule has 4 nitrogen and oxygen atoms in total. The van der Waals surface area contributed by atoms with Gasteiger partial charge in [-0.1, -0.05) is 0 Å². The molecule has 1 aromatic heterocycles. The predicted molar refractivity (Wildman–Crippen MR) is 63.4 cm³/mol. The summed E-state index contributed by atoms with van der Waals surface area (Å²) in [7, 11) is 0. The third-order valence-corrected chi connectivity index (χ3v) is 3.12. The van der Waals surface area contributed by atoms with Crippen molar-refractivity contribution in [2.75, 3.05) is 5.32 Å². The zero-order valence-corrected chi connectivity index (χ0v) is 10.3. The van der Waals surface area contributed by atoms with Gasteiger partial charge in [-0.2, -0.15) is 0 Å². The molecule has 0 saturated heterocycles. The molecule has 19 heavy (non-hydrogen) atoms. The van der Waals surface area contributed by atoms with Crippen LogP contribution in [0.2, 0.25) is 0 Å². The van der Waals surface area contributed by atoms with E-state index in [1.165, 1.54) is 6.92 Å². The maximum Gasteiger partial charge on any atom is 0.355 e. The molecular weight excluding hydrogens is 281 g/mol. The standard InChI is InChI=1S/C11H7F3N2O2S/c1-4-8(10(17)18)15-11(19-4)16-9-6(13)2-5(12)3-7(9)14/h2-3H,1H3,(H,15,16)(H,17,18). The number of hydrogen-bond acceptors (Lipinski definition) is 4. The van der Waals surface area contributed by atoms with Crippen molar-refractivity contribution < 1.29 is 23.1 Å². The lowest BCUT2D eigenvalue weighted by atomic mass is 10.3. The SMILES string of the molecule is Cc1sc(Nc2c(F)cc(F)cc2F)nc1C(=O)O. The molecule has 8 heteroatoms. The van der Waals surface area contributed by atoms with Crippen molar-refractivity contribution in [3.63, 3.8) is 0 Å². The highest BCUT2D eigenvalue weighted by Gasteiger charge is 2.17. The third-order valence-electron chi connectivity index (χ3n) is 2.24. The molecule has 0 atom stereocenters. The van der Waals surface area contributed by atoms with Crippen molar-refractivity contribution in [3.8, 4) is 0 Å². The Kier molecular flexibility index (Phi) is 3.43. The van der Waals surface area contributed by atoms with E-state index in [1.807, 2.05) is 0 Å². The lowest BCUT2D eigenvalue weighted by Crippen LogP contribution is -2.01. The van der Waals surface area contributed by atoms with Crippen LogP contribution in [-0.2, 0) is 0 Å². The summed E-state index contributed by atoms with van der Waals surface area (Å²) in [4.78, 5) is 14.9. The van der Waals surface area contributed by atoms with Crippen LogP contribution in [0, 0.1) is 24.4 Å². The average molecular weight is 288 g/mol. The molecule has 0 aliphatic carbocycles. The summed E-state index contributed by atoms with van der Waals surface area (Å²) in [6.45, 7) is 1.52. The van der Waals surface area contributed by atoms with Crippen LogP contribution >= 0.6 is 11.3 Å². The molecule has 1 heterocycles. The van der Waals surface area contributed by atoms with Crippen LogP contribution in [0.3, 0.4) is 0 Å². The molecule has 2 rings (SSSR count). The fourth-order valence-electron chi connectivity index (χ4n) is 1.42. The molecule has 0 aliphatic heterocycles. The Labute approximate surface area is 109 Å². The number of aromatic nitrogens is 1. The highest BCUT2D eigenvalue weighted by molar-refractivity contribution is 7.15. The second kappa shape index (κ2) is 4.88. The number of rotatable bonds is 3. The first-order valence-corrected chi connectivity index (χ1v) is 5.82. The van der Waals surface area contributed by atoms with Crippen molar-refractivity contribution in [2.24, 2.45) is 0 Å². The number of anilines is 2. The zero-order valence-electron chi connectivity index (χ0n) is 9.50. The molecule has 0 unspecified atom stereocenters. The molecule has 0 amide bonds. The summed E-state index contributed by atoms with van der Waals surface area (Å²) in [5.74, 6) is -4.52. The van der Waals surface area contributed by atoms with Crippen LogP contribution in [-0.4, -0.2) is 16.1 Å². The summed E-state index contributed by atoms with van der Waals surface area (Å²) < 4.78 is 39.5. The van der Waals surface area contributed by atoms with Gasteiger partial charge in [-0.15, -0.1) is 11.3 Å². The number of carboxylic acids is 1. The molecule has 100 valence electrons. The van der Waals surface area contributed by atoms with Crippen LogP contribution in [0.5, 0.6) is 0 Å². The van der Waals surface area contributed by atoms with Crippen LogP contribution in [0.25, 0.3) is 0 Å². The smallest absolute Gasteiger partial charge is 0.355 e. The van der Waals surface area contributed by atoms with Crippen molar-refractivity contribution in [3.05, 3.63) is 40.2 Å². The number of carboxylic acid groups (broad SMARTS) is 1. The van der Waals surface area contributed by atoms with E-state index in [0.717, 1.165) is 11.3 Å². The second-order valence-electron chi connectivity index (χ2n) is 3.60. The van der Waals surface area contributed by atoms with Gasteiger partial charge in [0.1, 0.15) is 11.5 Å². The minimum Gasteiger partial charge on any atom is -0.476 e. The van der Waals surface area contributed by atoms with E-state index in [2.05, 4.69) is 10.3 Å². The number of nitrogens with one attached hydrogen (secondary N) is 1. The number of hydrogen-bond donors (Lipinski definition) is 2. The van der Waals surface area contributed by atoms with E-state index in [9.17, 15) is 18.0 Å². The summed E-state index contributed by atoms with van der Waals surface area (Å²) in [5, 5.41) is 11.1. The Morgan fingerprint density at radius 2 is 1.89 bits per heavy atom. The Balaban J connectivity index is 2.37. The van der Waals surface area contributed by atoms with Gasteiger partial charge in [0, 0.05) is 17.0 Å². The van der Waals surface area contributed by atoms with Gasteiger partial charge in [-0.25, -0.2) is 22.9 Å². The normalized spacial score (nSPS) is 10.5. The number of carbonyl (C=O) groups is 1. The van der Waals surface area contributed by atoms with Gasteiger partial charge in [-0.3, -0.25) is 0 Å². The van der Waals surface area contributed by atoms with Crippen LogP contribution in [0.15, 0.2) is 12.1 Å². The largest absolute Gasteiger partial charge is 0.476 e. The quantitative estimate of drug-likeness (QED) is 0.909. The average Bonchev–Trinajstić information content (AvgIpc) is 2.65. The van der Waals surface area contributed by atoms with E-state index in [0.29, 0.717) is 17.0 Å². The topological polar surface area (TPSA) is 62.2 Å². The molecule has 0 radical (unpaired) electrons. The molecule has 0 aliphatic rings. The Morgan fingerprint density at radius 1 is 1.32 bits per heavy atom. The van der Waals surface area contributed by atoms with Crippen molar-refractivity contribution in [1.82, 2.24) is 4.98 Å². The number of thiazole rings is 1. The fraction of sp³-hybridized carbons (Fsp3) is 0.0909. The molecule has 1 aromatic carbocycles. The lowest BCUT2D eigenvalue weighted by Gasteiger charge is -2.05. The molecule has 2 N–H and O–H groups in total. The third kappa shape index (κ3) is 2.68. The van der Waals surface area contributed by atoms with Crippen molar-refractivity contribution >= 4 is 28.1 Å². The molecule has 0 saturated carbocycles. The molecule has 0 bridgehead atoms. The van der Waals surface area contributed by atoms with Gasteiger partial charge >= 0.3 is 5.97 Å². The Hall–Kier alpha value is -2.09. The van der Waals surface area contributed by atoms with E-state index < -0.39 is 29.1 Å². The highest BCUT2D eigenvalue weighted by atomic mass is 32.1. The summed E-state index contributed by atoms with van der Waals surface area (Å²) in [6, 6.07) is 1.04. The van der Waals surface area contributed by atoms with Gasteiger partial charge in [0.05, 0.1) is 0 Å². The highest BCUT2D eigenvalue weighted by Crippen LogP contribution is 2.28. The number of benzene rings is 1. The first kappa shape index (κ1) is 13.3. The monoisotopic (exact) mass is 288 g/mol. The van der Waals surface area contributed by atoms with Gasteiger partial charge in [-0.05, 0) is 6.92 Å². The number of nitrogens with zero attached hydrogens (tertiary/aromatic N) is 1. The van der Waals surface area contributed by atoms with Gasteiger partial charge in [0.25, 0.3) is 0 Å². The van der Waals surface area contributed by atoms with E-state index >= 15 is 0 Å². The Bertz CT molecular complexity index is 634. The molecular formula is C11H7F3N2O2S. The van der Waals surface area contributed by atoms with E-state index in [4.69, 9.17) is 5.11 Å². The predicted octanol–water partition coefficient (Wildman–Crippen LogP) is 3.31.